The van der Waals surface area contributed by atoms with E-state index < -0.39 is 16.2 Å². The number of benzene rings is 15. The van der Waals surface area contributed by atoms with Crippen molar-refractivity contribution in [3.05, 3.63) is 400 Å². The molecule has 0 unspecified atom stereocenters. The van der Waals surface area contributed by atoms with Gasteiger partial charge in [-0.2, -0.15) is 0 Å². The minimum Gasteiger partial charge on any atom is -0.455 e. The van der Waals surface area contributed by atoms with Gasteiger partial charge in [-0.25, -0.2) is 0 Å². The molecule has 2 nitrogen and oxygen atoms in total. The standard InChI is InChI=1S/C89H55NO/c1-3-27-60(28-4-1)87(61-29-5-2-6-30-61)74-42-19-14-37-69(74)83-76(87)44-22-46-81(83)90(82-47-23-45-77-84(82)70-38-15-20-43-75(70)88(77)71-39-16-11-34-65(71)66-35-12-17-40-72(66)88)62-31-21-26-58(54-62)59-48-51-68-67-36-13-18-41-73(67)89(80(68)55-59)78-52-49-56-24-7-9-32-63(56)85(78)91-86-64-33-10-8-25-57(64)50-53-79(86)89/h1-55H. The summed E-state index contributed by atoms with van der Waals surface area (Å²) in [5.74, 6) is 1.83. The molecule has 15 aromatic carbocycles. The van der Waals surface area contributed by atoms with Gasteiger partial charge >= 0.3 is 0 Å². The second kappa shape index (κ2) is 18.7. The van der Waals surface area contributed by atoms with E-state index >= 15 is 0 Å². The molecule has 0 N–H and O–H groups in total. The predicted molar refractivity (Wildman–Crippen MR) is 373 cm³/mol. The average molecular weight is 1150 g/mol. The molecule has 0 saturated heterocycles. The SMILES string of the molecule is c1ccc(C2(c3ccccc3)c3ccccc3-c3c(N(c4cccc(-c5ccc6c(c5)C5(c7ccccc7-6)c6ccc7ccccc7c6Oc6c5ccc5ccccc65)c4)c4cccc5c4-c4ccccc4C54c5ccccc5-c5ccccc54)cccc32)cc1. The van der Waals surface area contributed by atoms with Crippen LogP contribution in [-0.4, -0.2) is 0 Å². The molecule has 422 valence electrons. The topological polar surface area (TPSA) is 12.5 Å². The summed E-state index contributed by atoms with van der Waals surface area (Å²) in [6, 6.07) is 126. The van der Waals surface area contributed by atoms with Gasteiger partial charge in [0.05, 0.1) is 27.6 Å². The number of hydrogen-bond donors (Lipinski definition) is 0. The van der Waals surface area contributed by atoms with Gasteiger partial charge in [-0.1, -0.05) is 303 Å². The van der Waals surface area contributed by atoms with Crippen LogP contribution in [0.3, 0.4) is 0 Å². The molecule has 4 aliphatic carbocycles. The summed E-state index contributed by atoms with van der Waals surface area (Å²) >= 11 is 0. The van der Waals surface area contributed by atoms with Gasteiger partial charge in [-0.15, -0.1) is 0 Å². The zero-order chi connectivity index (χ0) is 59.6. The third kappa shape index (κ3) is 6.45. The molecule has 2 heteroatoms. The van der Waals surface area contributed by atoms with Gasteiger partial charge in [0.1, 0.15) is 11.5 Å². The molecule has 0 fully saturated rings. The summed E-state index contributed by atoms with van der Waals surface area (Å²) in [5.41, 5.74) is 28.8. The number of rotatable bonds is 6. The van der Waals surface area contributed by atoms with Crippen molar-refractivity contribution in [1.29, 1.82) is 0 Å². The fraction of sp³-hybridized carbons (Fsp3) is 0.0337. The van der Waals surface area contributed by atoms with Gasteiger partial charge < -0.3 is 9.64 Å². The van der Waals surface area contributed by atoms with Crippen LogP contribution >= 0.6 is 0 Å². The van der Waals surface area contributed by atoms with E-state index in [-0.39, 0.29) is 0 Å². The first kappa shape index (κ1) is 50.4. The van der Waals surface area contributed by atoms with Crippen LogP contribution in [0.1, 0.15) is 66.8 Å². The van der Waals surface area contributed by atoms with E-state index in [9.17, 15) is 0 Å². The Morgan fingerprint density at radius 2 is 0.615 bits per heavy atom. The molecule has 2 spiro atoms. The van der Waals surface area contributed by atoms with Crippen LogP contribution in [0, 0.1) is 0 Å². The molecule has 0 bridgehead atoms. The minimum atomic E-state index is -0.698. The van der Waals surface area contributed by atoms with Crippen LogP contribution in [-0.2, 0) is 16.2 Å². The van der Waals surface area contributed by atoms with Crippen LogP contribution in [0.4, 0.5) is 17.1 Å². The van der Waals surface area contributed by atoms with E-state index in [4.69, 9.17) is 4.74 Å². The molecular weight excluding hydrogens is 1100 g/mol. The van der Waals surface area contributed by atoms with Crippen molar-refractivity contribution >= 4 is 38.6 Å². The number of ether oxygens (including phenoxy) is 1. The first-order chi connectivity index (χ1) is 45.2. The summed E-state index contributed by atoms with van der Waals surface area (Å²) in [4.78, 5) is 2.62. The molecule has 15 aromatic rings. The van der Waals surface area contributed by atoms with Crippen molar-refractivity contribution in [2.45, 2.75) is 16.2 Å². The largest absolute Gasteiger partial charge is 0.455 e. The molecule has 1 heterocycles. The fourth-order valence-electron chi connectivity index (χ4n) is 17.8. The molecule has 0 aromatic heterocycles. The molecule has 0 amide bonds. The lowest BCUT2D eigenvalue weighted by atomic mass is 9.65. The van der Waals surface area contributed by atoms with Crippen molar-refractivity contribution in [2.75, 3.05) is 4.90 Å². The molecular formula is C89H55NO. The van der Waals surface area contributed by atoms with E-state index in [1.807, 2.05) is 0 Å². The maximum atomic E-state index is 7.39. The molecule has 91 heavy (non-hydrogen) atoms. The Morgan fingerprint density at radius 1 is 0.231 bits per heavy atom. The fourth-order valence-corrected chi connectivity index (χ4v) is 17.8. The van der Waals surface area contributed by atoms with Crippen LogP contribution < -0.4 is 9.64 Å². The summed E-state index contributed by atoms with van der Waals surface area (Å²) < 4.78 is 7.39. The van der Waals surface area contributed by atoms with Gasteiger partial charge in [0, 0.05) is 38.7 Å². The Hall–Kier alpha value is -11.6. The lowest BCUT2D eigenvalue weighted by Gasteiger charge is -2.40. The molecule has 0 atom stereocenters. The lowest BCUT2D eigenvalue weighted by Crippen LogP contribution is -2.32. The van der Waals surface area contributed by atoms with E-state index in [0.29, 0.717) is 0 Å². The zero-order valence-electron chi connectivity index (χ0n) is 49.6. The molecule has 0 saturated carbocycles. The Bertz CT molecular complexity index is 5330. The Morgan fingerprint density at radius 3 is 1.14 bits per heavy atom. The predicted octanol–water partition coefficient (Wildman–Crippen LogP) is 22.3. The van der Waals surface area contributed by atoms with Crippen molar-refractivity contribution in [3.8, 4) is 67.1 Å². The van der Waals surface area contributed by atoms with Gasteiger partial charge in [0.25, 0.3) is 0 Å². The maximum absolute atomic E-state index is 7.39. The summed E-state index contributed by atoms with van der Waals surface area (Å²) in [6.45, 7) is 0. The monoisotopic (exact) mass is 1150 g/mol. The highest BCUT2D eigenvalue weighted by atomic mass is 16.5. The highest BCUT2D eigenvalue weighted by molar-refractivity contribution is 6.06. The second-order valence-electron chi connectivity index (χ2n) is 25.2. The average Bonchev–Trinajstić information content (AvgIpc) is 1.56. The normalized spacial score (nSPS) is 14.5. The first-order valence-corrected chi connectivity index (χ1v) is 31.8. The van der Waals surface area contributed by atoms with E-state index in [1.54, 1.807) is 0 Å². The third-order valence-electron chi connectivity index (χ3n) is 21.2. The van der Waals surface area contributed by atoms with E-state index in [1.165, 1.54) is 100 Å². The van der Waals surface area contributed by atoms with E-state index in [0.717, 1.165) is 72.4 Å². The van der Waals surface area contributed by atoms with E-state index in [2.05, 4.69) is 339 Å². The lowest BCUT2D eigenvalue weighted by molar-refractivity contribution is 0.447. The summed E-state index contributed by atoms with van der Waals surface area (Å²) in [5, 5.41) is 4.52. The Labute approximate surface area is 528 Å². The zero-order valence-corrected chi connectivity index (χ0v) is 49.6. The number of hydrogen-bond acceptors (Lipinski definition) is 2. The number of fused-ring (bicyclic) bond motifs is 26. The molecule has 1 aliphatic heterocycles. The second-order valence-corrected chi connectivity index (χ2v) is 25.2. The van der Waals surface area contributed by atoms with Crippen LogP contribution in [0.5, 0.6) is 11.5 Å². The van der Waals surface area contributed by atoms with Gasteiger partial charge in [-0.3, -0.25) is 0 Å². The maximum Gasteiger partial charge on any atom is 0.140 e. The quantitative estimate of drug-likeness (QED) is 0.165. The van der Waals surface area contributed by atoms with Gasteiger partial charge in [-0.05, 0) is 141 Å². The van der Waals surface area contributed by atoms with Crippen molar-refractivity contribution in [3.63, 3.8) is 0 Å². The minimum absolute atomic E-state index is 0.540. The van der Waals surface area contributed by atoms with Crippen LogP contribution in [0.2, 0.25) is 0 Å². The van der Waals surface area contributed by atoms with Crippen LogP contribution in [0.15, 0.2) is 334 Å². The number of nitrogens with zero attached hydrogens (tertiary/aromatic N) is 1. The van der Waals surface area contributed by atoms with Gasteiger partial charge in [0.2, 0.25) is 0 Å². The summed E-state index contributed by atoms with van der Waals surface area (Å²) in [6.07, 6.45) is 0. The van der Waals surface area contributed by atoms with Crippen molar-refractivity contribution in [1.82, 2.24) is 0 Å². The molecule has 5 aliphatic rings. The Balaban J connectivity index is 0.861. The smallest absolute Gasteiger partial charge is 0.140 e. The summed E-state index contributed by atoms with van der Waals surface area (Å²) in [7, 11) is 0. The van der Waals surface area contributed by atoms with Crippen molar-refractivity contribution in [2.24, 2.45) is 0 Å². The van der Waals surface area contributed by atoms with Gasteiger partial charge in [0.15, 0.2) is 0 Å². The molecule has 0 radical (unpaired) electrons. The third-order valence-corrected chi connectivity index (χ3v) is 21.2. The highest BCUT2D eigenvalue weighted by Crippen LogP contribution is 2.68. The number of anilines is 3. The van der Waals surface area contributed by atoms with Crippen LogP contribution in [0.25, 0.3) is 77.2 Å². The Kier molecular flexibility index (Phi) is 10.4. The highest BCUT2D eigenvalue weighted by Gasteiger charge is 2.55. The first-order valence-electron chi connectivity index (χ1n) is 31.8. The van der Waals surface area contributed by atoms with Crippen molar-refractivity contribution < 1.29 is 4.74 Å². The molecule has 20 rings (SSSR count).